The number of fused-ring (bicyclic) bond motifs is 1. The number of para-hydroxylation sites is 1. The summed E-state index contributed by atoms with van der Waals surface area (Å²) in [7, 11) is 0. The summed E-state index contributed by atoms with van der Waals surface area (Å²) < 4.78 is 0. The smallest absolute Gasteiger partial charge is 0.101 e. The van der Waals surface area contributed by atoms with Crippen LogP contribution in [-0.4, -0.2) is 6.54 Å². The number of anilines is 1. The van der Waals surface area contributed by atoms with Crippen molar-refractivity contribution in [3.05, 3.63) is 29.3 Å². The summed E-state index contributed by atoms with van der Waals surface area (Å²) in [5.74, 6) is 0. The number of rotatable bonds is 0. The number of hydrogen-bond donors (Lipinski definition) is 1. The van der Waals surface area contributed by atoms with E-state index in [0.717, 1.165) is 24.2 Å². The summed E-state index contributed by atoms with van der Waals surface area (Å²) in [5.41, 5.74) is 3.12. The van der Waals surface area contributed by atoms with Gasteiger partial charge >= 0.3 is 0 Å². The highest BCUT2D eigenvalue weighted by Crippen LogP contribution is 2.24. The summed E-state index contributed by atoms with van der Waals surface area (Å²) >= 11 is 0. The average molecular weight is 172 g/mol. The Morgan fingerprint density at radius 2 is 2.23 bits per heavy atom. The molecular formula is C11H12N2. The third kappa shape index (κ3) is 1.50. The lowest BCUT2D eigenvalue weighted by Gasteiger charge is -2.08. The highest BCUT2D eigenvalue weighted by atomic mass is 14.9. The van der Waals surface area contributed by atoms with Crippen LogP contribution in [0.2, 0.25) is 0 Å². The van der Waals surface area contributed by atoms with Gasteiger partial charge < -0.3 is 5.32 Å². The molecule has 0 aromatic heterocycles. The fourth-order valence-electron chi connectivity index (χ4n) is 1.76. The molecule has 0 unspecified atom stereocenters. The monoisotopic (exact) mass is 172 g/mol. The van der Waals surface area contributed by atoms with Gasteiger partial charge in [-0.05, 0) is 30.9 Å². The lowest BCUT2D eigenvalue weighted by Crippen LogP contribution is -2.01. The molecule has 2 rings (SSSR count). The highest BCUT2D eigenvalue weighted by Gasteiger charge is 2.09. The van der Waals surface area contributed by atoms with E-state index in [4.69, 9.17) is 5.26 Å². The van der Waals surface area contributed by atoms with Crippen LogP contribution in [0.3, 0.4) is 0 Å². The molecule has 0 saturated heterocycles. The maximum absolute atomic E-state index is 8.90. The number of nitrogens with zero attached hydrogens (tertiary/aromatic N) is 1. The van der Waals surface area contributed by atoms with Crippen molar-refractivity contribution in [3.8, 4) is 6.07 Å². The molecule has 0 amide bonds. The molecular weight excluding hydrogens is 160 g/mol. The molecule has 1 aliphatic rings. The second-order valence-corrected chi connectivity index (χ2v) is 3.34. The molecule has 0 aliphatic carbocycles. The first-order valence-electron chi connectivity index (χ1n) is 4.67. The molecule has 1 aromatic rings. The Hall–Kier alpha value is -1.49. The van der Waals surface area contributed by atoms with Gasteiger partial charge in [0.05, 0.1) is 11.3 Å². The van der Waals surface area contributed by atoms with E-state index in [9.17, 15) is 0 Å². The molecule has 13 heavy (non-hydrogen) atoms. The van der Waals surface area contributed by atoms with Crippen molar-refractivity contribution in [1.82, 2.24) is 0 Å². The van der Waals surface area contributed by atoms with Gasteiger partial charge in [-0.3, -0.25) is 0 Å². The molecule has 66 valence electrons. The zero-order valence-electron chi connectivity index (χ0n) is 7.51. The SMILES string of the molecule is N#Cc1cccc2c1NCCCC2. The lowest BCUT2D eigenvalue weighted by atomic mass is 10.0. The largest absolute Gasteiger partial charge is 0.384 e. The molecule has 0 atom stereocenters. The van der Waals surface area contributed by atoms with Crippen LogP contribution in [0, 0.1) is 11.3 Å². The first kappa shape index (κ1) is 8.12. The number of nitriles is 1. The summed E-state index contributed by atoms with van der Waals surface area (Å²) in [6.45, 7) is 0.992. The minimum Gasteiger partial charge on any atom is -0.384 e. The Balaban J connectivity index is 2.47. The molecule has 1 aliphatic heterocycles. The van der Waals surface area contributed by atoms with Crippen LogP contribution in [-0.2, 0) is 6.42 Å². The quantitative estimate of drug-likeness (QED) is 0.651. The minimum absolute atomic E-state index is 0.777. The predicted molar refractivity (Wildman–Crippen MR) is 52.6 cm³/mol. The van der Waals surface area contributed by atoms with Gasteiger partial charge in [0, 0.05) is 6.54 Å². The maximum atomic E-state index is 8.90. The molecule has 1 aromatic carbocycles. The van der Waals surface area contributed by atoms with Crippen LogP contribution < -0.4 is 5.32 Å². The van der Waals surface area contributed by atoms with E-state index in [-0.39, 0.29) is 0 Å². The van der Waals surface area contributed by atoms with Crippen molar-refractivity contribution in [3.63, 3.8) is 0 Å². The van der Waals surface area contributed by atoms with Crippen molar-refractivity contribution < 1.29 is 0 Å². The van der Waals surface area contributed by atoms with Gasteiger partial charge in [0.15, 0.2) is 0 Å². The van der Waals surface area contributed by atoms with E-state index >= 15 is 0 Å². The van der Waals surface area contributed by atoms with Crippen LogP contribution in [0.4, 0.5) is 5.69 Å². The number of benzene rings is 1. The zero-order valence-corrected chi connectivity index (χ0v) is 7.51. The Morgan fingerprint density at radius 1 is 1.31 bits per heavy atom. The summed E-state index contributed by atoms with van der Waals surface area (Å²) in [6, 6.07) is 8.16. The maximum Gasteiger partial charge on any atom is 0.101 e. The fourth-order valence-corrected chi connectivity index (χ4v) is 1.76. The minimum atomic E-state index is 0.777. The second kappa shape index (κ2) is 3.49. The van der Waals surface area contributed by atoms with Gasteiger partial charge in [0.2, 0.25) is 0 Å². The van der Waals surface area contributed by atoms with Gasteiger partial charge in [-0.1, -0.05) is 12.1 Å². The van der Waals surface area contributed by atoms with Gasteiger partial charge in [-0.15, -0.1) is 0 Å². The molecule has 2 heteroatoms. The number of aryl methyl sites for hydroxylation is 1. The normalized spacial score (nSPS) is 15.0. The molecule has 0 fully saturated rings. The topological polar surface area (TPSA) is 35.8 Å². The van der Waals surface area contributed by atoms with Crippen LogP contribution in [0.1, 0.15) is 24.0 Å². The van der Waals surface area contributed by atoms with Gasteiger partial charge in [0.1, 0.15) is 6.07 Å². The highest BCUT2D eigenvalue weighted by molar-refractivity contribution is 5.63. The van der Waals surface area contributed by atoms with Crippen molar-refractivity contribution in [2.45, 2.75) is 19.3 Å². The molecule has 2 nitrogen and oxygen atoms in total. The fraction of sp³-hybridized carbons (Fsp3) is 0.364. The van der Waals surface area contributed by atoms with Crippen LogP contribution >= 0.6 is 0 Å². The summed E-state index contributed by atoms with van der Waals surface area (Å²) in [6.07, 6.45) is 3.51. The third-order valence-electron chi connectivity index (χ3n) is 2.45. The van der Waals surface area contributed by atoms with Crippen molar-refractivity contribution in [2.75, 3.05) is 11.9 Å². The Morgan fingerprint density at radius 3 is 3.08 bits per heavy atom. The van der Waals surface area contributed by atoms with Gasteiger partial charge in [-0.25, -0.2) is 0 Å². The van der Waals surface area contributed by atoms with Crippen molar-refractivity contribution >= 4 is 5.69 Å². The molecule has 1 N–H and O–H groups in total. The predicted octanol–water partition coefficient (Wildman–Crippen LogP) is 2.31. The number of nitrogens with one attached hydrogen (secondary N) is 1. The summed E-state index contributed by atoms with van der Waals surface area (Å²) in [4.78, 5) is 0. The molecule has 0 bridgehead atoms. The van der Waals surface area contributed by atoms with Gasteiger partial charge in [-0.2, -0.15) is 5.26 Å². The first-order valence-corrected chi connectivity index (χ1v) is 4.67. The van der Waals surface area contributed by atoms with E-state index in [2.05, 4.69) is 17.5 Å². The standard InChI is InChI=1S/C11H12N2/c12-8-10-6-3-5-9-4-1-2-7-13-11(9)10/h3,5-6,13H,1-2,4,7H2. The number of hydrogen-bond acceptors (Lipinski definition) is 2. The third-order valence-corrected chi connectivity index (χ3v) is 2.45. The van der Waals surface area contributed by atoms with E-state index in [1.807, 2.05) is 12.1 Å². The van der Waals surface area contributed by atoms with Crippen LogP contribution in [0.15, 0.2) is 18.2 Å². The van der Waals surface area contributed by atoms with Crippen LogP contribution in [0.5, 0.6) is 0 Å². The lowest BCUT2D eigenvalue weighted by molar-refractivity contribution is 0.785. The van der Waals surface area contributed by atoms with Gasteiger partial charge in [0.25, 0.3) is 0 Å². The Bertz CT molecular complexity index is 350. The zero-order chi connectivity index (χ0) is 9.10. The molecule has 0 saturated carbocycles. The first-order chi connectivity index (χ1) is 6.42. The van der Waals surface area contributed by atoms with Crippen LogP contribution in [0.25, 0.3) is 0 Å². The molecule has 1 heterocycles. The second-order valence-electron chi connectivity index (χ2n) is 3.34. The Labute approximate surface area is 78.2 Å². The average Bonchev–Trinajstić information content (AvgIpc) is 2.41. The van der Waals surface area contributed by atoms with E-state index < -0.39 is 0 Å². The summed E-state index contributed by atoms with van der Waals surface area (Å²) in [5, 5.41) is 12.2. The Kier molecular flexibility index (Phi) is 2.18. The van der Waals surface area contributed by atoms with Crippen molar-refractivity contribution in [2.24, 2.45) is 0 Å². The molecule has 0 spiro atoms. The van der Waals surface area contributed by atoms with Crippen molar-refractivity contribution in [1.29, 1.82) is 5.26 Å². The van der Waals surface area contributed by atoms with E-state index in [1.165, 1.54) is 18.4 Å². The molecule has 0 radical (unpaired) electrons. The van der Waals surface area contributed by atoms with E-state index in [0.29, 0.717) is 0 Å². The van der Waals surface area contributed by atoms with E-state index in [1.54, 1.807) is 0 Å².